The molecule has 0 radical (unpaired) electrons. The fourth-order valence-electron chi connectivity index (χ4n) is 2.34. The average Bonchev–Trinajstić information content (AvgIpc) is 2.27. The molecule has 0 aromatic rings. The Balaban J connectivity index is 2.48. The third-order valence-electron chi connectivity index (χ3n) is 3.61. The topological polar surface area (TPSA) is 24.5 Å². The summed E-state index contributed by atoms with van der Waals surface area (Å²) in [7, 11) is 0. The summed E-state index contributed by atoms with van der Waals surface area (Å²) in [6, 6.07) is 0.558. The number of morpholine rings is 1. The molecule has 3 heteroatoms. The Kier molecular flexibility index (Phi) is 5.90. The molecule has 1 fully saturated rings. The van der Waals surface area contributed by atoms with Gasteiger partial charge < -0.3 is 10.1 Å². The van der Waals surface area contributed by atoms with Gasteiger partial charge in [-0.05, 0) is 18.4 Å². The maximum atomic E-state index is 5.72. The minimum absolute atomic E-state index is 0.316. The summed E-state index contributed by atoms with van der Waals surface area (Å²) in [5, 5.41) is 3.62. The second-order valence-corrected chi connectivity index (χ2v) is 6.14. The van der Waals surface area contributed by atoms with Crippen molar-refractivity contribution < 1.29 is 4.74 Å². The third-order valence-corrected chi connectivity index (χ3v) is 3.61. The highest BCUT2D eigenvalue weighted by molar-refractivity contribution is 4.84. The summed E-state index contributed by atoms with van der Waals surface area (Å²) in [5.74, 6) is 0. The number of hydrogen-bond acceptors (Lipinski definition) is 3. The maximum Gasteiger partial charge on any atom is 0.0700 e. The van der Waals surface area contributed by atoms with Crippen LogP contribution in [0.1, 0.15) is 41.0 Å². The molecule has 0 bridgehead atoms. The molecule has 17 heavy (non-hydrogen) atoms. The molecule has 1 rings (SSSR count). The first-order valence-corrected chi connectivity index (χ1v) is 7.04. The molecule has 102 valence electrons. The minimum atomic E-state index is 0.316. The van der Waals surface area contributed by atoms with Gasteiger partial charge in [-0.3, -0.25) is 4.90 Å². The lowest BCUT2D eigenvalue weighted by Gasteiger charge is -2.39. The van der Waals surface area contributed by atoms with Gasteiger partial charge in [-0.1, -0.05) is 34.6 Å². The van der Waals surface area contributed by atoms with Crippen LogP contribution in [0.5, 0.6) is 0 Å². The van der Waals surface area contributed by atoms with Gasteiger partial charge in [0.05, 0.1) is 12.7 Å². The molecule has 0 spiro atoms. The van der Waals surface area contributed by atoms with E-state index in [0.717, 1.165) is 39.2 Å². The second kappa shape index (κ2) is 6.72. The van der Waals surface area contributed by atoms with Crippen molar-refractivity contribution >= 4 is 0 Å². The molecule has 1 saturated heterocycles. The van der Waals surface area contributed by atoms with Crippen LogP contribution in [-0.4, -0.2) is 49.8 Å². The van der Waals surface area contributed by atoms with E-state index in [9.17, 15) is 0 Å². The molecule has 0 aromatic carbocycles. The van der Waals surface area contributed by atoms with Gasteiger partial charge in [0.2, 0.25) is 0 Å². The predicted molar refractivity (Wildman–Crippen MR) is 73.4 cm³/mol. The van der Waals surface area contributed by atoms with Crippen LogP contribution in [0.3, 0.4) is 0 Å². The van der Waals surface area contributed by atoms with Crippen LogP contribution in [-0.2, 0) is 4.74 Å². The molecular weight excluding hydrogens is 212 g/mol. The lowest BCUT2D eigenvalue weighted by molar-refractivity contribution is -0.0357. The van der Waals surface area contributed by atoms with E-state index in [1.54, 1.807) is 0 Å². The lowest BCUT2D eigenvalue weighted by Crippen LogP contribution is -2.52. The summed E-state index contributed by atoms with van der Waals surface area (Å²) >= 11 is 0. The van der Waals surface area contributed by atoms with Crippen molar-refractivity contribution in [3.63, 3.8) is 0 Å². The van der Waals surface area contributed by atoms with Crippen molar-refractivity contribution in [1.29, 1.82) is 0 Å². The first-order valence-electron chi connectivity index (χ1n) is 7.04. The molecule has 0 saturated carbocycles. The van der Waals surface area contributed by atoms with Gasteiger partial charge >= 0.3 is 0 Å². The zero-order valence-corrected chi connectivity index (χ0v) is 12.3. The standard InChI is InChI=1S/C14H30N2O/c1-6-12-10-16(8-9-17-12)11-13(15-7-2)14(3,4)5/h12-13,15H,6-11H2,1-5H3. The number of hydrogen-bond donors (Lipinski definition) is 1. The van der Waals surface area contributed by atoms with E-state index in [-0.39, 0.29) is 0 Å². The first kappa shape index (κ1) is 14.9. The summed E-state index contributed by atoms with van der Waals surface area (Å²) in [6.07, 6.45) is 1.56. The monoisotopic (exact) mass is 242 g/mol. The molecule has 2 unspecified atom stereocenters. The van der Waals surface area contributed by atoms with Gasteiger partial charge in [-0.25, -0.2) is 0 Å². The number of likely N-dealkylation sites (N-methyl/N-ethyl adjacent to an activating group) is 1. The highest BCUT2D eigenvalue weighted by Crippen LogP contribution is 2.21. The van der Waals surface area contributed by atoms with Crippen LogP contribution in [0.2, 0.25) is 0 Å². The van der Waals surface area contributed by atoms with Gasteiger partial charge in [0.1, 0.15) is 0 Å². The maximum absolute atomic E-state index is 5.72. The van der Waals surface area contributed by atoms with Gasteiger partial charge in [0.25, 0.3) is 0 Å². The SMILES string of the molecule is CCNC(CN1CCOC(CC)C1)C(C)(C)C. The normalized spacial score (nSPS) is 24.9. The van der Waals surface area contributed by atoms with Crippen molar-refractivity contribution in [2.24, 2.45) is 5.41 Å². The van der Waals surface area contributed by atoms with Gasteiger partial charge in [-0.2, -0.15) is 0 Å². The van der Waals surface area contributed by atoms with Crippen LogP contribution in [0.15, 0.2) is 0 Å². The van der Waals surface area contributed by atoms with E-state index in [4.69, 9.17) is 4.74 Å². The van der Waals surface area contributed by atoms with E-state index in [0.29, 0.717) is 17.6 Å². The first-order chi connectivity index (χ1) is 7.97. The molecular formula is C14H30N2O. The van der Waals surface area contributed by atoms with Crippen LogP contribution >= 0.6 is 0 Å². The van der Waals surface area contributed by atoms with Gasteiger partial charge in [0, 0.05) is 25.7 Å². The molecule has 1 heterocycles. The van der Waals surface area contributed by atoms with E-state index in [1.807, 2.05) is 0 Å². The fourth-order valence-corrected chi connectivity index (χ4v) is 2.34. The van der Waals surface area contributed by atoms with E-state index < -0.39 is 0 Å². The van der Waals surface area contributed by atoms with Crippen molar-refractivity contribution in [1.82, 2.24) is 10.2 Å². The molecule has 2 atom stereocenters. The Morgan fingerprint density at radius 3 is 2.59 bits per heavy atom. The number of rotatable bonds is 5. The molecule has 0 aromatic heterocycles. The molecule has 1 aliphatic rings. The smallest absolute Gasteiger partial charge is 0.0700 e. The van der Waals surface area contributed by atoms with Crippen molar-refractivity contribution in [3.8, 4) is 0 Å². The summed E-state index contributed by atoms with van der Waals surface area (Å²) < 4.78 is 5.72. The van der Waals surface area contributed by atoms with E-state index >= 15 is 0 Å². The quantitative estimate of drug-likeness (QED) is 0.799. The van der Waals surface area contributed by atoms with Crippen molar-refractivity contribution in [2.75, 3.05) is 32.8 Å². The largest absolute Gasteiger partial charge is 0.376 e. The van der Waals surface area contributed by atoms with Crippen LogP contribution < -0.4 is 5.32 Å². The Morgan fingerprint density at radius 1 is 1.35 bits per heavy atom. The van der Waals surface area contributed by atoms with Crippen LogP contribution in [0, 0.1) is 5.41 Å². The third kappa shape index (κ3) is 4.94. The van der Waals surface area contributed by atoms with Gasteiger partial charge in [-0.15, -0.1) is 0 Å². The molecule has 1 N–H and O–H groups in total. The second-order valence-electron chi connectivity index (χ2n) is 6.14. The zero-order chi connectivity index (χ0) is 12.9. The summed E-state index contributed by atoms with van der Waals surface area (Å²) in [6.45, 7) is 16.6. The Labute approximate surface area is 107 Å². The fraction of sp³-hybridized carbons (Fsp3) is 1.00. The summed E-state index contributed by atoms with van der Waals surface area (Å²) in [5.41, 5.74) is 0.316. The van der Waals surface area contributed by atoms with E-state index in [1.165, 1.54) is 0 Å². The number of ether oxygens (including phenoxy) is 1. The minimum Gasteiger partial charge on any atom is -0.376 e. The average molecular weight is 242 g/mol. The van der Waals surface area contributed by atoms with Crippen molar-refractivity contribution in [2.45, 2.75) is 53.2 Å². The molecule has 3 nitrogen and oxygen atoms in total. The molecule has 1 aliphatic heterocycles. The van der Waals surface area contributed by atoms with Crippen LogP contribution in [0.4, 0.5) is 0 Å². The Bertz CT molecular complexity index is 213. The highest BCUT2D eigenvalue weighted by Gasteiger charge is 2.28. The Morgan fingerprint density at radius 2 is 2.06 bits per heavy atom. The summed E-state index contributed by atoms with van der Waals surface area (Å²) in [4.78, 5) is 2.55. The molecule has 0 aliphatic carbocycles. The van der Waals surface area contributed by atoms with Crippen LogP contribution in [0.25, 0.3) is 0 Å². The Hall–Kier alpha value is -0.120. The highest BCUT2D eigenvalue weighted by atomic mass is 16.5. The van der Waals surface area contributed by atoms with E-state index in [2.05, 4.69) is 44.8 Å². The van der Waals surface area contributed by atoms with Crippen molar-refractivity contribution in [3.05, 3.63) is 0 Å². The lowest BCUT2D eigenvalue weighted by atomic mass is 9.86. The van der Waals surface area contributed by atoms with Gasteiger partial charge in [0.15, 0.2) is 0 Å². The number of nitrogens with zero attached hydrogens (tertiary/aromatic N) is 1. The number of nitrogens with one attached hydrogen (secondary N) is 1. The predicted octanol–water partition coefficient (Wildman–Crippen LogP) is 2.12. The zero-order valence-electron chi connectivity index (χ0n) is 12.3. The molecule has 0 amide bonds.